The number of carbonyl (C=O) groups is 1. The van der Waals surface area contributed by atoms with Crippen LogP contribution in [0.5, 0.6) is 0 Å². The zero-order valence-corrected chi connectivity index (χ0v) is 18.6. The lowest BCUT2D eigenvalue weighted by molar-refractivity contribution is 0.0969. The van der Waals surface area contributed by atoms with E-state index in [-0.39, 0.29) is 29.5 Å². The third kappa shape index (κ3) is 3.22. The van der Waals surface area contributed by atoms with E-state index in [2.05, 4.69) is 11.9 Å². The lowest BCUT2D eigenvalue weighted by atomic mass is 10.1. The van der Waals surface area contributed by atoms with Crippen molar-refractivity contribution in [3.8, 4) is 0 Å². The predicted octanol–water partition coefficient (Wildman–Crippen LogP) is 2.95. The summed E-state index contributed by atoms with van der Waals surface area (Å²) >= 11 is 0. The molecule has 0 unspecified atom stereocenters. The van der Waals surface area contributed by atoms with Crippen molar-refractivity contribution in [3.05, 3.63) is 105 Å². The molecule has 8 nitrogen and oxygen atoms in total. The number of imidazole rings is 2. The van der Waals surface area contributed by atoms with E-state index in [0.717, 1.165) is 15.8 Å². The normalized spacial score (nSPS) is 12.5. The number of Topliss-reactive ketones (excluding diaryl/α,β-unsaturated/α-hetero) is 1. The molecular formula is C25H23N5O3. The Bertz CT molecular complexity index is 1620. The van der Waals surface area contributed by atoms with Crippen LogP contribution in [-0.4, -0.2) is 28.9 Å². The summed E-state index contributed by atoms with van der Waals surface area (Å²) in [7, 11) is 1.57. The molecule has 166 valence electrons. The highest BCUT2D eigenvalue weighted by molar-refractivity contribution is 5.95. The van der Waals surface area contributed by atoms with E-state index in [1.807, 2.05) is 48.0 Å². The number of benzene rings is 2. The summed E-state index contributed by atoms with van der Waals surface area (Å²) in [5.74, 6) is 0.263. The topological polar surface area (TPSA) is 83.3 Å². The Morgan fingerprint density at radius 3 is 2.30 bits per heavy atom. The Kier molecular flexibility index (Phi) is 4.85. The third-order valence-corrected chi connectivity index (χ3v) is 6.14. The first kappa shape index (κ1) is 20.7. The van der Waals surface area contributed by atoms with Crippen molar-refractivity contribution in [1.29, 1.82) is 0 Å². The highest BCUT2D eigenvalue weighted by Crippen LogP contribution is 2.25. The van der Waals surface area contributed by atoms with Crippen LogP contribution in [0.2, 0.25) is 0 Å². The van der Waals surface area contributed by atoms with Crippen LogP contribution < -0.4 is 11.2 Å². The summed E-state index contributed by atoms with van der Waals surface area (Å²) in [6, 6.07) is 18.6. The Morgan fingerprint density at radius 2 is 1.64 bits per heavy atom. The van der Waals surface area contributed by atoms with Gasteiger partial charge in [0.2, 0.25) is 5.78 Å². The summed E-state index contributed by atoms with van der Waals surface area (Å²) < 4.78 is 6.07. The van der Waals surface area contributed by atoms with E-state index in [1.54, 1.807) is 41.8 Å². The van der Waals surface area contributed by atoms with Crippen LogP contribution in [0.1, 0.15) is 34.6 Å². The van der Waals surface area contributed by atoms with Crippen molar-refractivity contribution in [3.63, 3.8) is 0 Å². The first-order valence-electron chi connectivity index (χ1n) is 10.7. The number of nitrogens with zero attached hydrogens (tertiary/aromatic N) is 5. The molecule has 2 aromatic carbocycles. The van der Waals surface area contributed by atoms with Crippen molar-refractivity contribution in [2.75, 3.05) is 0 Å². The van der Waals surface area contributed by atoms with Crippen LogP contribution in [0.25, 0.3) is 16.9 Å². The predicted molar refractivity (Wildman–Crippen MR) is 126 cm³/mol. The number of aryl methyl sites for hydroxylation is 2. The summed E-state index contributed by atoms with van der Waals surface area (Å²) in [5, 5.41) is 0. The van der Waals surface area contributed by atoms with E-state index >= 15 is 0 Å². The molecule has 5 rings (SSSR count). The van der Waals surface area contributed by atoms with Crippen molar-refractivity contribution in [2.24, 2.45) is 7.05 Å². The van der Waals surface area contributed by atoms with Gasteiger partial charge in [-0.2, -0.15) is 4.98 Å². The quantitative estimate of drug-likeness (QED) is 0.393. The number of fused-ring (bicyclic) bond motifs is 3. The maximum absolute atomic E-state index is 13.4. The smallest absolute Gasteiger partial charge is 0.307 e. The summed E-state index contributed by atoms with van der Waals surface area (Å²) in [5.41, 5.74) is 1.93. The van der Waals surface area contributed by atoms with Gasteiger partial charge < -0.3 is 4.57 Å². The second kappa shape index (κ2) is 7.74. The van der Waals surface area contributed by atoms with Gasteiger partial charge in [0.15, 0.2) is 16.9 Å². The third-order valence-electron chi connectivity index (χ3n) is 6.14. The first-order valence-corrected chi connectivity index (χ1v) is 10.7. The van der Waals surface area contributed by atoms with Crippen LogP contribution in [0.3, 0.4) is 0 Å². The molecule has 3 aromatic heterocycles. The van der Waals surface area contributed by atoms with E-state index in [0.29, 0.717) is 11.3 Å². The van der Waals surface area contributed by atoms with Gasteiger partial charge in [0.25, 0.3) is 5.56 Å². The lowest BCUT2D eigenvalue weighted by Crippen LogP contribution is -2.41. The number of hydrogen-bond donors (Lipinski definition) is 0. The standard InChI is InChI=1S/C25H23N5O3/c1-16-14-28-21-22(26-24(28)30(16)17(2)18-10-6-4-7-11-18)27(3)25(33)29(23(21)32)15-20(31)19-12-8-5-9-13-19/h4-14,17H,15H2,1-3H3/t17-/m1/s1. The summed E-state index contributed by atoms with van der Waals surface area (Å²) in [6.45, 7) is 3.69. The molecule has 0 amide bonds. The fourth-order valence-corrected chi connectivity index (χ4v) is 4.38. The minimum absolute atomic E-state index is 0.0283. The van der Waals surface area contributed by atoms with E-state index in [1.165, 1.54) is 4.57 Å². The Balaban J connectivity index is 1.71. The molecule has 1 atom stereocenters. The number of carbonyl (C=O) groups excluding carboxylic acids is 1. The van der Waals surface area contributed by atoms with Crippen LogP contribution in [0, 0.1) is 6.92 Å². The molecule has 3 heterocycles. The van der Waals surface area contributed by atoms with E-state index in [9.17, 15) is 14.4 Å². The molecule has 33 heavy (non-hydrogen) atoms. The zero-order valence-electron chi connectivity index (χ0n) is 18.6. The maximum Gasteiger partial charge on any atom is 0.332 e. The van der Waals surface area contributed by atoms with Crippen LogP contribution >= 0.6 is 0 Å². The first-order chi connectivity index (χ1) is 15.9. The average Bonchev–Trinajstić information content (AvgIpc) is 3.35. The van der Waals surface area contributed by atoms with E-state index in [4.69, 9.17) is 0 Å². The SMILES string of the molecule is Cc1cn2c3c(=O)n(CC(=O)c4ccccc4)c(=O)n(C)c3nc2n1[C@H](C)c1ccccc1. The monoisotopic (exact) mass is 441 g/mol. The molecule has 0 saturated carbocycles. The summed E-state index contributed by atoms with van der Waals surface area (Å²) in [4.78, 5) is 43.8. The van der Waals surface area contributed by atoms with Gasteiger partial charge in [-0.1, -0.05) is 60.7 Å². The van der Waals surface area contributed by atoms with E-state index < -0.39 is 11.2 Å². The number of aromatic nitrogens is 5. The highest BCUT2D eigenvalue weighted by atomic mass is 16.2. The minimum Gasteiger partial charge on any atom is -0.307 e. The van der Waals surface area contributed by atoms with Gasteiger partial charge in [-0.25, -0.2) is 4.79 Å². The number of ketones is 1. The molecule has 0 aliphatic carbocycles. The van der Waals surface area contributed by atoms with Crippen molar-refractivity contribution < 1.29 is 4.79 Å². The zero-order chi connectivity index (χ0) is 23.3. The van der Waals surface area contributed by atoms with Crippen molar-refractivity contribution >= 4 is 22.7 Å². The lowest BCUT2D eigenvalue weighted by Gasteiger charge is -2.16. The second-order valence-electron chi connectivity index (χ2n) is 8.20. The van der Waals surface area contributed by atoms with Gasteiger partial charge in [0.1, 0.15) is 0 Å². The fourth-order valence-electron chi connectivity index (χ4n) is 4.38. The molecule has 0 bridgehead atoms. The fraction of sp³-hybridized carbons (Fsp3) is 0.200. The van der Waals surface area contributed by atoms with Crippen LogP contribution in [-0.2, 0) is 13.6 Å². The Labute approximate surface area is 189 Å². The van der Waals surface area contributed by atoms with Gasteiger partial charge in [0.05, 0.1) is 12.6 Å². The molecule has 5 aromatic rings. The molecule has 0 spiro atoms. The second-order valence-corrected chi connectivity index (χ2v) is 8.20. The minimum atomic E-state index is -0.572. The van der Waals surface area contributed by atoms with Gasteiger partial charge >= 0.3 is 5.69 Å². The Morgan fingerprint density at radius 1 is 1.00 bits per heavy atom. The highest BCUT2D eigenvalue weighted by Gasteiger charge is 2.23. The molecule has 0 N–H and O–H groups in total. The van der Waals surface area contributed by atoms with Crippen LogP contribution in [0.15, 0.2) is 76.4 Å². The molecule has 0 aliphatic heterocycles. The molecular weight excluding hydrogens is 418 g/mol. The number of hydrogen-bond acceptors (Lipinski definition) is 4. The Hall–Kier alpha value is -4.20. The summed E-state index contributed by atoms with van der Waals surface area (Å²) in [6.07, 6.45) is 1.85. The largest absolute Gasteiger partial charge is 0.332 e. The van der Waals surface area contributed by atoms with Gasteiger partial charge in [-0.15, -0.1) is 0 Å². The molecule has 8 heteroatoms. The van der Waals surface area contributed by atoms with Crippen molar-refractivity contribution in [2.45, 2.75) is 26.4 Å². The maximum atomic E-state index is 13.4. The average molecular weight is 441 g/mol. The molecule has 0 fully saturated rings. The molecule has 0 aliphatic rings. The molecule has 0 radical (unpaired) electrons. The van der Waals surface area contributed by atoms with Gasteiger partial charge in [0, 0.05) is 24.5 Å². The van der Waals surface area contributed by atoms with Gasteiger partial charge in [-0.05, 0) is 19.4 Å². The van der Waals surface area contributed by atoms with Crippen molar-refractivity contribution in [1.82, 2.24) is 23.1 Å². The van der Waals surface area contributed by atoms with Gasteiger partial charge in [-0.3, -0.25) is 23.1 Å². The number of rotatable bonds is 5. The molecule has 0 saturated heterocycles. The van der Waals surface area contributed by atoms with Crippen LogP contribution in [0.4, 0.5) is 0 Å².